The van der Waals surface area contributed by atoms with Gasteiger partial charge in [-0.25, -0.2) is 4.98 Å². The van der Waals surface area contributed by atoms with Crippen LogP contribution in [0.2, 0.25) is 0 Å². The average molecular weight is 225 g/mol. The third-order valence-corrected chi connectivity index (χ3v) is 2.42. The third-order valence-electron chi connectivity index (χ3n) is 2.42. The average Bonchev–Trinajstić information content (AvgIpc) is 2.56. The Morgan fingerprint density at radius 2 is 2.19 bits per heavy atom. The van der Waals surface area contributed by atoms with Crippen LogP contribution in [0, 0.1) is 6.92 Å². The first kappa shape index (κ1) is 11.0. The highest BCUT2D eigenvalue weighted by Gasteiger charge is 2.30. The number of hydrogen-bond donors (Lipinski definition) is 2. The highest BCUT2D eigenvalue weighted by atomic mass is 19.3. The van der Waals surface area contributed by atoms with Crippen molar-refractivity contribution in [1.82, 2.24) is 15.3 Å². The SMILES string of the molecule is CNCC(F)(F)c1ccc2nc(C)[nH]c2c1. The van der Waals surface area contributed by atoms with Crippen LogP contribution in [0.3, 0.4) is 0 Å². The van der Waals surface area contributed by atoms with E-state index in [1.54, 1.807) is 13.0 Å². The van der Waals surface area contributed by atoms with E-state index >= 15 is 0 Å². The van der Waals surface area contributed by atoms with E-state index in [0.717, 1.165) is 5.82 Å². The smallest absolute Gasteiger partial charge is 0.285 e. The molecule has 2 rings (SSSR count). The second kappa shape index (κ2) is 3.83. The summed E-state index contributed by atoms with van der Waals surface area (Å²) >= 11 is 0. The fourth-order valence-corrected chi connectivity index (χ4v) is 1.69. The highest BCUT2D eigenvalue weighted by molar-refractivity contribution is 5.76. The Morgan fingerprint density at radius 1 is 1.44 bits per heavy atom. The van der Waals surface area contributed by atoms with Crippen LogP contribution in [0.4, 0.5) is 8.78 Å². The number of benzene rings is 1. The van der Waals surface area contributed by atoms with E-state index in [-0.39, 0.29) is 12.1 Å². The third kappa shape index (κ3) is 1.90. The first-order chi connectivity index (χ1) is 7.53. The van der Waals surface area contributed by atoms with Crippen molar-refractivity contribution in [2.45, 2.75) is 12.8 Å². The molecule has 0 aliphatic rings. The lowest BCUT2D eigenvalue weighted by Crippen LogP contribution is -2.27. The molecule has 86 valence electrons. The van der Waals surface area contributed by atoms with E-state index in [1.807, 2.05) is 0 Å². The first-order valence-electron chi connectivity index (χ1n) is 5.02. The largest absolute Gasteiger partial charge is 0.342 e. The van der Waals surface area contributed by atoms with Gasteiger partial charge in [0.15, 0.2) is 0 Å². The van der Waals surface area contributed by atoms with Gasteiger partial charge in [0.1, 0.15) is 5.82 Å². The molecule has 0 atom stereocenters. The van der Waals surface area contributed by atoms with Crippen molar-refractivity contribution in [3.05, 3.63) is 29.6 Å². The fourth-order valence-electron chi connectivity index (χ4n) is 1.69. The predicted octanol–water partition coefficient (Wildman–Crippen LogP) is 2.18. The summed E-state index contributed by atoms with van der Waals surface area (Å²) in [5, 5.41) is 2.48. The van der Waals surface area contributed by atoms with Crippen LogP contribution >= 0.6 is 0 Å². The minimum absolute atomic E-state index is 0.00185. The van der Waals surface area contributed by atoms with Gasteiger partial charge in [-0.3, -0.25) is 0 Å². The number of halogens is 2. The summed E-state index contributed by atoms with van der Waals surface area (Å²) < 4.78 is 27.2. The zero-order chi connectivity index (χ0) is 11.8. The standard InChI is InChI=1S/C11H13F2N3/c1-7-15-9-4-3-8(5-10(9)16-7)11(12,13)6-14-2/h3-5,14H,6H2,1-2H3,(H,15,16). The molecule has 0 radical (unpaired) electrons. The molecule has 0 fully saturated rings. The van der Waals surface area contributed by atoms with Crippen molar-refractivity contribution >= 4 is 11.0 Å². The summed E-state index contributed by atoms with van der Waals surface area (Å²) in [5.74, 6) is -2.13. The topological polar surface area (TPSA) is 40.7 Å². The number of alkyl halides is 2. The summed E-state index contributed by atoms with van der Waals surface area (Å²) in [6.07, 6.45) is 0. The minimum Gasteiger partial charge on any atom is -0.342 e. The van der Waals surface area contributed by atoms with E-state index in [1.165, 1.54) is 19.2 Å². The molecule has 2 N–H and O–H groups in total. The normalized spacial score (nSPS) is 12.2. The molecule has 2 aromatic rings. The molecule has 1 aromatic carbocycles. The molecule has 0 aliphatic heterocycles. The zero-order valence-electron chi connectivity index (χ0n) is 9.14. The number of imidazole rings is 1. The summed E-state index contributed by atoms with van der Waals surface area (Å²) in [4.78, 5) is 7.11. The quantitative estimate of drug-likeness (QED) is 0.840. The van der Waals surface area contributed by atoms with E-state index in [4.69, 9.17) is 0 Å². The van der Waals surface area contributed by atoms with Gasteiger partial charge in [0.2, 0.25) is 0 Å². The Morgan fingerprint density at radius 3 is 2.88 bits per heavy atom. The molecule has 3 nitrogen and oxygen atoms in total. The van der Waals surface area contributed by atoms with Crippen LogP contribution in [0.1, 0.15) is 11.4 Å². The molecule has 0 unspecified atom stereocenters. The second-order valence-corrected chi connectivity index (χ2v) is 3.79. The van der Waals surface area contributed by atoms with Gasteiger partial charge < -0.3 is 10.3 Å². The van der Waals surface area contributed by atoms with Gasteiger partial charge in [-0.1, -0.05) is 6.07 Å². The Bertz CT molecular complexity index is 505. The van der Waals surface area contributed by atoms with Crippen LogP contribution < -0.4 is 5.32 Å². The Hall–Kier alpha value is -1.49. The number of fused-ring (bicyclic) bond motifs is 1. The van der Waals surface area contributed by atoms with Crippen molar-refractivity contribution in [2.75, 3.05) is 13.6 Å². The number of H-pyrrole nitrogens is 1. The molecule has 0 bridgehead atoms. The Balaban J connectivity index is 2.45. The maximum atomic E-state index is 13.6. The van der Waals surface area contributed by atoms with Crippen LogP contribution in [0.25, 0.3) is 11.0 Å². The van der Waals surface area contributed by atoms with Crippen LogP contribution in [-0.4, -0.2) is 23.6 Å². The van der Waals surface area contributed by atoms with E-state index in [2.05, 4.69) is 15.3 Å². The number of aryl methyl sites for hydroxylation is 1. The van der Waals surface area contributed by atoms with Gasteiger partial charge in [0, 0.05) is 5.56 Å². The second-order valence-electron chi connectivity index (χ2n) is 3.79. The monoisotopic (exact) mass is 225 g/mol. The molecule has 0 saturated heterocycles. The Labute approximate surface area is 91.9 Å². The summed E-state index contributed by atoms with van der Waals surface area (Å²) in [6, 6.07) is 4.48. The van der Waals surface area contributed by atoms with Crippen LogP contribution in [0.15, 0.2) is 18.2 Å². The maximum Gasteiger partial charge on any atom is 0.285 e. The molecule has 1 heterocycles. The van der Waals surface area contributed by atoms with Gasteiger partial charge in [0.05, 0.1) is 17.6 Å². The number of nitrogens with zero attached hydrogens (tertiary/aromatic N) is 1. The lowest BCUT2D eigenvalue weighted by Gasteiger charge is -2.15. The molecule has 0 saturated carbocycles. The van der Waals surface area contributed by atoms with Crippen molar-refractivity contribution in [1.29, 1.82) is 0 Å². The molecular formula is C11H13F2N3. The molecule has 0 spiro atoms. The molecule has 16 heavy (non-hydrogen) atoms. The number of aromatic nitrogens is 2. The van der Waals surface area contributed by atoms with Crippen LogP contribution in [0.5, 0.6) is 0 Å². The minimum atomic E-state index is -2.86. The van der Waals surface area contributed by atoms with Gasteiger partial charge in [0.25, 0.3) is 5.92 Å². The molecule has 1 aromatic heterocycles. The molecule has 5 heteroatoms. The lowest BCUT2D eigenvalue weighted by molar-refractivity contribution is -0.00113. The lowest BCUT2D eigenvalue weighted by atomic mass is 10.1. The first-order valence-corrected chi connectivity index (χ1v) is 5.02. The summed E-state index contributed by atoms with van der Waals surface area (Å²) in [7, 11) is 1.51. The van der Waals surface area contributed by atoms with Crippen molar-refractivity contribution in [3.63, 3.8) is 0 Å². The van der Waals surface area contributed by atoms with E-state index < -0.39 is 5.92 Å². The summed E-state index contributed by atoms with van der Waals surface area (Å²) in [6.45, 7) is 1.43. The number of aromatic amines is 1. The van der Waals surface area contributed by atoms with Gasteiger partial charge >= 0.3 is 0 Å². The van der Waals surface area contributed by atoms with Crippen LogP contribution in [-0.2, 0) is 5.92 Å². The predicted molar refractivity (Wildman–Crippen MR) is 58.7 cm³/mol. The van der Waals surface area contributed by atoms with Crippen molar-refractivity contribution in [2.24, 2.45) is 0 Å². The highest BCUT2D eigenvalue weighted by Crippen LogP contribution is 2.28. The number of likely N-dealkylation sites (N-methyl/N-ethyl adjacent to an activating group) is 1. The maximum absolute atomic E-state index is 13.6. The summed E-state index contributed by atoms with van der Waals surface area (Å²) in [5.41, 5.74) is 1.35. The van der Waals surface area contributed by atoms with Gasteiger partial charge in [-0.15, -0.1) is 0 Å². The molecular weight excluding hydrogens is 212 g/mol. The van der Waals surface area contributed by atoms with E-state index in [9.17, 15) is 8.78 Å². The van der Waals surface area contributed by atoms with Crippen molar-refractivity contribution < 1.29 is 8.78 Å². The zero-order valence-corrected chi connectivity index (χ0v) is 9.14. The van der Waals surface area contributed by atoms with Crippen molar-refractivity contribution in [3.8, 4) is 0 Å². The van der Waals surface area contributed by atoms with E-state index in [0.29, 0.717) is 11.0 Å². The molecule has 0 aliphatic carbocycles. The Kier molecular flexibility index (Phi) is 2.63. The fraction of sp³-hybridized carbons (Fsp3) is 0.364. The number of hydrogen-bond acceptors (Lipinski definition) is 2. The number of nitrogens with one attached hydrogen (secondary N) is 2. The number of rotatable bonds is 3. The van der Waals surface area contributed by atoms with Gasteiger partial charge in [-0.05, 0) is 26.1 Å². The molecule has 0 amide bonds. The van der Waals surface area contributed by atoms with Gasteiger partial charge in [-0.2, -0.15) is 8.78 Å².